The smallest absolute Gasteiger partial charge is 0.213 e. The van der Waals surface area contributed by atoms with E-state index >= 15 is 0 Å². The van der Waals surface area contributed by atoms with Gasteiger partial charge in [0.2, 0.25) is 11.4 Å². The number of rotatable bonds is 12. The number of hydrogen-bond donors (Lipinski definition) is 0. The summed E-state index contributed by atoms with van der Waals surface area (Å²) in [5.74, 6) is 0. The van der Waals surface area contributed by atoms with Crippen LogP contribution in [0.3, 0.4) is 0 Å². The summed E-state index contributed by atoms with van der Waals surface area (Å²) in [6.45, 7) is 24.2. The molecule has 9 rings (SSSR count). The van der Waals surface area contributed by atoms with Crippen LogP contribution >= 0.6 is 31.9 Å². The molecule has 70 heavy (non-hydrogen) atoms. The van der Waals surface area contributed by atoms with E-state index in [0.29, 0.717) is 0 Å². The molecule has 3 nitrogen and oxygen atoms in total. The predicted molar refractivity (Wildman–Crippen MR) is 302 cm³/mol. The van der Waals surface area contributed by atoms with Crippen LogP contribution in [0, 0.1) is 6.92 Å². The lowest BCUT2D eigenvalue weighted by Gasteiger charge is -2.48. The molecule has 2 atom stereocenters. The minimum atomic E-state index is -0.124. The number of aryl methyl sites for hydroxylation is 2. The molecule has 356 valence electrons. The zero-order valence-corrected chi connectivity index (χ0v) is 46.0. The third kappa shape index (κ3) is 9.37. The van der Waals surface area contributed by atoms with Gasteiger partial charge in [0, 0.05) is 75.6 Å². The molecule has 2 aromatic heterocycles. The Morgan fingerprint density at radius 3 is 1.60 bits per heavy atom. The number of pyridine rings is 2. The van der Waals surface area contributed by atoms with Crippen molar-refractivity contribution in [3.8, 4) is 44.8 Å². The van der Waals surface area contributed by atoms with Gasteiger partial charge in [-0.25, -0.2) is 0 Å². The van der Waals surface area contributed by atoms with E-state index in [1.165, 1.54) is 67.0 Å². The van der Waals surface area contributed by atoms with Crippen LogP contribution in [0.4, 0.5) is 17.1 Å². The number of nitrogens with zero attached hydrogens (tertiary/aromatic N) is 3. The highest BCUT2D eigenvalue weighted by Gasteiger charge is 2.58. The minimum absolute atomic E-state index is 0.0807. The van der Waals surface area contributed by atoms with Gasteiger partial charge >= 0.3 is 0 Å². The quantitative estimate of drug-likeness (QED) is 0.111. The molecule has 0 radical (unpaired) electrons. The van der Waals surface area contributed by atoms with Crippen molar-refractivity contribution in [1.82, 2.24) is 0 Å². The van der Waals surface area contributed by atoms with E-state index in [1.54, 1.807) is 0 Å². The minimum Gasteiger partial charge on any atom is -0.311 e. The zero-order valence-electron chi connectivity index (χ0n) is 42.9. The Morgan fingerprint density at radius 1 is 0.514 bits per heavy atom. The summed E-state index contributed by atoms with van der Waals surface area (Å²) >= 11 is 7.42. The molecule has 0 saturated heterocycles. The van der Waals surface area contributed by atoms with E-state index in [-0.39, 0.29) is 21.8 Å². The molecule has 0 bridgehead atoms. The van der Waals surface area contributed by atoms with Crippen LogP contribution < -0.4 is 14.0 Å². The van der Waals surface area contributed by atoms with Crippen molar-refractivity contribution in [3.63, 3.8) is 0 Å². The lowest BCUT2D eigenvalue weighted by molar-refractivity contribution is -0.766. The molecule has 8 aromatic rings. The average molecular weight is 1050 g/mol. The van der Waals surface area contributed by atoms with E-state index in [0.717, 1.165) is 58.2 Å². The summed E-state index contributed by atoms with van der Waals surface area (Å²) in [5.41, 5.74) is 18.8. The van der Waals surface area contributed by atoms with E-state index in [9.17, 15) is 0 Å². The highest BCUT2D eigenvalue weighted by Crippen LogP contribution is 2.53. The summed E-state index contributed by atoms with van der Waals surface area (Å²) in [5, 5.41) is 0. The van der Waals surface area contributed by atoms with Crippen LogP contribution in [0.25, 0.3) is 44.8 Å². The maximum absolute atomic E-state index is 3.71. The Labute approximate surface area is 435 Å². The predicted octanol–water partition coefficient (Wildman–Crippen LogP) is 18.1. The van der Waals surface area contributed by atoms with Crippen molar-refractivity contribution in [2.75, 3.05) is 4.90 Å². The van der Waals surface area contributed by atoms with E-state index in [1.807, 2.05) is 0 Å². The summed E-state index contributed by atoms with van der Waals surface area (Å²) in [6, 6.07) is 61.6. The van der Waals surface area contributed by atoms with E-state index in [4.69, 9.17) is 0 Å². The van der Waals surface area contributed by atoms with E-state index < -0.39 is 0 Å². The maximum atomic E-state index is 3.71. The first kappa shape index (κ1) is 49.4. The molecule has 0 spiro atoms. The van der Waals surface area contributed by atoms with Gasteiger partial charge in [0.15, 0.2) is 17.9 Å². The van der Waals surface area contributed by atoms with Gasteiger partial charge in [-0.05, 0) is 154 Å². The third-order valence-corrected chi connectivity index (χ3v) is 16.5. The van der Waals surface area contributed by atoms with Crippen LogP contribution in [0.2, 0.25) is 0 Å². The summed E-state index contributed by atoms with van der Waals surface area (Å²) in [4.78, 5) is 2.39. The fourth-order valence-electron chi connectivity index (χ4n) is 11.4. The second kappa shape index (κ2) is 19.5. The normalized spacial score (nSPS) is 16.7. The number of fused-ring (bicyclic) bond motifs is 3. The van der Waals surface area contributed by atoms with Gasteiger partial charge in [0.25, 0.3) is 0 Å². The van der Waals surface area contributed by atoms with Gasteiger partial charge < -0.3 is 4.90 Å². The number of benzene rings is 6. The average Bonchev–Trinajstić information content (AvgIpc) is 3.35. The fraction of sp³-hybridized carbons (Fsp3) is 0.292. The summed E-state index contributed by atoms with van der Waals surface area (Å²) in [7, 11) is 0. The van der Waals surface area contributed by atoms with Crippen LogP contribution in [-0.4, -0.2) is 0 Å². The van der Waals surface area contributed by atoms with Crippen molar-refractivity contribution in [3.05, 3.63) is 207 Å². The van der Waals surface area contributed by atoms with Crippen molar-refractivity contribution in [1.29, 1.82) is 0 Å². The highest BCUT2D eigenvalue weighted by molar-refractivity contribution is 9.11. The zero-order chi connectivity index (χ0) is 49.6. The molecule has 2 unspecified atom stereocenters. The lowest BCUT2D eigenvalue weighted by atomic mass is 9.57. The molecule has 5 heteroatoms. The Morgan fingerprint density at radius 2 is 1.03 bits per heavy atom. The third-order valence-electron chi connectivity index (χ3n) is 15.6. The fourth-order valence-corrected chi connectivity index (χ4v) is 12.7. The van der Waals surface area contributed by atoms with Gasteiger partial charge in [-0.2, -0.15) is 9.13 Å². The van der Waals surface area contributed by atoms with Gasteiger partial charge in [0.1, 0.15) is 6.54 Å². The second-order valence-corrected chi connectivity index (χ2v) is 23.7. The van der Waals surface area contributed by atoms with Crippen molar-refractivity contribution >= 4 is 48.9 Å². The number of hydrogen-bond acceptors (Lipinski definition) is 1. The Hall–Kier alpha value is -5.62. The molecule has 3 heterocycles. The van der Waals surface area contributed by atoms with Gasteiger partial charge in [-0.1, -0.05) is 148 Å². The monoisotopic (exact) mass is 1050 g/mol. The van der Waals surface area contributed by atoms with Crippen molar-refractivity contribution in [2.24, 2.45) is 0 Å². The van der Waals surface area contributed by atoms with Crippen molar-refractivity contribution in [2.45, 2.75) is 123 Å². The van der Waals surface area contributed by atoms with Crippen LogP contribution in [0.1, 0.15) is 110 Å². The number of halogens is 2. The second-order valence-electron chi connectivity index (χ2n) is 21.8. The van der Waals surface area contributed by atoms with Crippen molar-refractivity contribution < 1.29 is 9.13 Å². The molecule has 0 fully saturated rings. The number of anilines is 3. The van der Waals surface area contributed by atoms with Gasteiger partial charge in [0.05, 0.1) is 11.0 Å². The van der Waals surface area contributed by atoms with Crippen LogP contribution in [0.5, 0.6) is 0 Å². The van der Waals surface area contributed by atoms with Gasteiger partial charge in [-0.3, -0.25) is 0 Å². The topological polar surface area (TPSA) is 11.0 Å². The molecule has 1 aliphatic rings. The Kier molecular flexibility index (Phi) is 13.8. The Balaban J connectivity index is 1.05. The van der Waals surface area contributed by atoms with Crippen LogP contribution in [-0.2, 0) is 28.3 Å². The molecule has 0 N–H and O–H groups in total. The summed E-state index contributed by atoms with van der Waals surface area (Å²) < 4.78 is 7.23. The first-order chi connectivity index (χ1) is 33.4. The molecule has 1 aliphatic heterocycles. The molecule has 0 amide bonds. The Bertz CT molecular complexity index is 3080. The molecule has 6 aromatic carbocycles. The molecular weight excluding hydrogens is 983 g/mol. The SMILES string of the molecule is CCC1(CCC[n+]2ccccc2-c2cc(-c3cc(Br)cc(Br)c3)ccc2C)c2ccc(-c3ccc(N(c4ccc(C(C)(C)C)cc4)c4ccc(C(C)(C)C)cc4)cc3)cc2-c2cccc[n+]2C1(C)CC. The largest absolute Gasteiger partial charge is 0.311 e. The highest BCUT2D eigenvalue weighted by atomic mass is 79.9. The van der Waals surface area contributed by atoms with Crippen LogP contribution in [0.15, 0.2) is 185 Å². The molecule has 0 saturated carbocycles. The lowest BCUT2D eigenvalue weighted by Crippen LogP contribution is -2.68. The first-order valence-electron chi connectivity index (χ1n) is 25.3. The summed E-state index contributed by atoms with van der Waals surface area (Å²) in [6.07, 6.45) is 8.79. The number of aromatic nitrogens is 2. The van der Waals surface area contributed by atoms with Gasteiger partial charge in [-0.15, -0.1) is 0 Å². The standard InChI is InChI=1S/C65H69Br2N3/c1-11-64(10)65(12-2,36-17-38-68-37-15-13-18-60(68)57-42-48(21-20-45(57)3)49-40-52(66)44-53(67)41-49)59-35-24-47(43-58(59)61-19-14-16-39-69(61)64)46-22-29-54(30-23-46)70(55-31-25-50(26-32-55)62(4,5)6)56-33-27-51(28-34-56)63(7,8)9/h13-16,18-35,37,39-44H,11-12,17,36,38H2,1-10H3/q+2. The maximum Gasteiger partial charge on any atom is 0.213 e. The first-order valence-corrected chi connectivity index (χ1v) is 26.9. The molecule has 0 aliphatic carbocycles. The molecular formula is C65H69Br2N3+2. The van der Waals surface area contributed by atoms with E-state index in [2.05, 4.69) is 291 Å².